The Bertz CT molecular complexity index is 858. The molecule has 1 unspecified atom stereocenters. The molecule has 1 aromatic carbocycles. The van der Waals surface area contributed by atoms with Crippen LogP contribution in [0.15, 0.2) is 22.5 Å². The fraction of sp³-hybridized carbons (Fsp3) is 0.500. The molecule has 9 heteroatoms. The van der Waals surface area contributed by atoms with E-state index in [4.69, 9.17) is 25.8 Å². The van der Waals surface area contributed by atoms with Gasteiger partial charge in [0.1, 0.15) is 11.1 Å². The number of nitrogens with one attached hydrogen (secondary N) is 1. The van der Waals surface area contributed by atoms with Gasteiger partial charge in [0.2, 0.25) is 0 Å². The predicted octanol–water partition coefficient (Wildman–Crippen LogP) is 3.87. The fourth-order valence-corrected chi connectivity index (χ4v) is 4.08. The summed E-state index contributed by atoms with van der Waals surface area (Å²) in [5, 5.41) is 6.96. The molecule has 3 rings (SSSR count). The van der Waals surface area contributed by atoms with Crippen LogP contribution in [-0.2, 0) is 17.8 Å². The Balaban J connectivity index is 1.62. The molecule has 7 nitrogen and oxygen atoms in total. The van der Waals surface area contributed by atoms with Crippen LogP contribution < -0.4 is 14.8 Å². The zero-order chi connectivity index (χ0) is 20.8. The van der Waals surface area contributed by atoms with Crippen LogP contribution >= 0.6 is 22.9 Å². The van der Waals surface area contributed by atoms with Crippen LogP contribution in [0.5, 0.6) is 11.5 Å². The van der Waals surface area contributed by atoms with E-state index in [9.17, 15) is 0 Å². The van der Waals surface area contributed by atoms with Crippen molar-refractivity contribution in [3.8, 4) is 11.5 Å². The van der Waals surface area contributed by atoms with Gasteiger partial charge in [-0.05, 0) is 24.6 Å². The van der Waals surface area contributed by atoms with Crippen molar-refractivity contribution in [3.05, 3.63) is 38.8 Å². The van der Waals surface area contributed by atoms with Crippen molar-refractivity contribution in [3.63, 3.8) is 0 Å². The maximum atomic E-state index is 6.39. The Labute approximate surface area is 180 Å². The molecule has 0 fully saturated rings. The van der Waals surface area contributed by atoms with E-state index in [1.807, 2.05) is 31.0 Å². The first-order valence-electron chi connectivity index (χ1n) is 9.48. The van der Waals surface area contributed by atoms with E-state index in [0.717, 1.165) is 28.6 Å². The summed E-state index contributed by atoms with van der Waals surface area (Å²) < 4.78 is 16.8. The molecule has 0 amide bonds. The normalized spacial score (nSPS) is 15.0. The highest BCUT2D eigenvalue weighted by Crippen LogP contribution is 2.38. The minimum absolute atomic E-state index is 0.000602. The van der Waals surface area contributed by atoms with Crippen LogP contribution in [0.2, 0.25) is 5.02 Å². The number of thiazole rings is 1. The van der Waals surface area contributed by atoms with E-state index in [-0.39, 0.29) is 6.10 Å². The van der Waals surface area contributed by atoms with Crippen LogP contribution in [0.4, 0.5) is 0 Å². The number of fused-ring (bicyclic) bond motifs is 1. The second-order valence-electron chi connectivity index (χ2n) is 6.77. The number of nitrogens with zero attached hydrogens (tertiary/aromatic N) is 3. The number of rotatable bonds is 6. The van der Waals surface area contributed by atoms with Crippen molar-refractivity contribution in [2.45, 2.75) is 32.5 Å². The summed E-state index contributed by atoms with van der Waals surface area (Å²) in [5.41, 5.74) is 1.98. The van der Waals surface area contributed by atoms with Gasteiger partial charge in [0.15, 0.2) is 17.5 Å². The lowest BCUT2D eigenvalue weighted by Gasteiger charge is -2.21. The van der Waals surface area contributed by atoms with E-state index >= 15 is 0 Å². The number of hydrogen-bond donors (Lipinski definition) is 1. The molecule has 2 aromatic rings. The lowest BCUT2D eigenvalue weighted by Crippen LogP contribution is -2.38. The molecule has 1 N–H and O–H groups in total. The Kier molecular flexibility index (Phi) is 7.57. The van der Waals surface area contributed by atoms with Gasteiger partial charge in [-0.3, -0.25) is 4.99 Å². The molecule has 1 aliphatic rings. The topological polar surface area (TPSA) is 68.2 Å². The molecule has 1 aliphatic heterocycles. The molecular weight excluding hydrogens is 412 g/mol. The van der Waals surface area contributed by atoms with E-state index in [1.165, 1.54) is 0 Å². The number of methoxy groups -OCH3 is 1. The van der Waals surface area contributed by atoms with Crippen molar-refractivity contribution in [2.75, 3.05) is 34.4 Å². The molecule has 0 bridgehead atoms. The van der Waals surface area contributed by atoms with Gasteiger partial charge in [0.25, 0.3) is 0 Å². The first-order valence-corrected chi connectivity index (χ1v) is 10.7. The quantitative estimate of drug-likeness (QED) is 0.545. The number of halogens is 1. The molecule has 1 atom stereocenters. The number of aliphatic imine (C=N–C) groups is 1. The number of benzene rings is 1. The van der Waals surface area contributed by atoms with E-state index in [2.05, 4.69) is 20.7 Å². The maximum Gasteiger partial charge on any atom is 0.194 e. The first kappa shape index (κ1) is 21.7. The standard InChI is InChI=1S/C20H27ClN4O3S/c1-13(26-4)19-24-15(12-29-19)11-25(3)20(22-2)23-10-14-8-16(21)18-17(9-14)27-6-5-7-28-18/h8-9,12-13H,5-7,10-11H2,1-4H3,(H,22,23). The van der Waals surface area contributed by atoms with Crippen LogP contribution in [0.25, 0.3) is 0 Å². The minimum Gasteiger partial charge on any atom is -0.489 e. The van der Waals surface area contributed by atoms with Crippen molar-refractivity contribution < 1.29 is 14.2 Å². The SMILES string of the molecule is CN=C(NCc1cc(Cl)c2c(c1)OCCCO2)N(C)Cc1csc(C(C)OC)n1. The van der Waals surface area contributed by atoms with Crippen LogP contribution in [-0.4, -0.2) is 50.3 Å². The number of hydrogen-bond acceptors (Lipinski definition) is 6. The largest absolute Gasteiger partial charge is 0.489 e. The first-order chi connectivity index (χ1) is 14.0. The van der Waals surface area contributed by atoms with E-state index < -0.39 is 0 Å². The van der Waals surface area contributed by atoms with Gasteiger partial charge < -0.3 is 24.4 Å². The van der Waals surface area contributed by atoms with Crippen molar-refractivity contribution in [1.82, 2.24) is 15.2 Å². The second kappa shape index (κ2) is 10.1. The molecule has 0 saturated carbocycles. The highest BCUT2D eigenvalue weighted by atomic mass is 35.5. The Hall–Kier alpha value is -2.03. The fourth-order valence-electron chi connectivity index (χ4n) is 2.95. The van der Waals surface area contributed by atoms with Crippen LogP contribution in [0, 0.1) is 0 Å². The number of aromatic nitrogens is 1. The maximum absolute atomic E-state index is 6.39. The summed E-state index contributed by atoms with van der Waals surface area (Å²) in [5.74, 6) is 2.08. The van der Waals surface area contributed by atoms with E-state index in [1.54, 1.807) is 25.5 Å². The van der Waals surface area contributed by atoms with Crippen molar-refractivity contribution >= 4 is 28.9 Å². The molecule has 1 aromatic heterocycles. The predicted molar refractivity (Wildman–Crippen MR) is 116 cm³/mol. The summed E-state index contributed by atoms with van der Waals surface area (Å²) in [4.78, 5) is 11.1. The van der Waals surface area contributed by atoms with Crippen molar-refractivity contribution in [2.24, 2.45) is 4.99 Å². The molecular formula is C20H27ClN4O3S. The van der Waals surface area contributed by atoms with Gasteiger partial charge in [-0.1, -0.05) is 11.6 Å². The lowest BCUT2D eigenvalue weighted by molar-refractivity contribution is 0.119. The molecule has 29 heavy (non-hydrogen) atoms. The van der Waals surface area contributed by atoms with Gasteiger partial charge in [-0.15, -0.1) is 11.3 Å². The Morgan fingerprint density at radius 3 is 2.97 bits per heavy atom. The molecule has 0 aliphatic carbocycles. The Morgan fingerprint density at radius 2 is 2.21 bits per heavy atom. The van der Waals surface area contributed by atoms with Gasteiger partial charge in [-0.25, -0.2) is 4.98 Å². The molecule has 0 saturated heterocycles. The van der Waals surface area contributed by atoms with Crippen LogP contribution in [0.1, 0.15) is 35.7 Å². The zero-order valence-electron chi connectivity index (χ0n) is 17.2. The van der Waals surface area contributed by atoms with Crippen LogP contribution in [0.3, 0.4) is 0 Å². The van der Waals surface area contributed by atoms with Gasteiger partial charge in [-0.2, -0.15) is 0 Å². The average Bonchev–Trinajstić information content (AvgIpc) is 3.04. The third-order valence-electron chi connectivity index (χ3n) is 4.56. The average molecular weight is 439 g/mol. The second-order valence-corrected chi connectivity index (χ2v) is 8.06. The summed E-state index contributed by atoms with van der Waals surface area (Å²) in [6, 6.07) is 3.86. The molecule has 158 valence electrons. The molecule has 0 spiro atoms. The summed E-state index contributed by atoms with van der Waals surface area (Å²) in [6.07, 6.45) is 0.845. The van der Waals surface area contributed by atoms with Crippen molar-refractivity contribution in [1.29, 1.82) is 0 Å². The number of ether oxygens (including phenoxy) is 3. The number of guanidine groups is 1. The molecule has 2 heterocycles. The highest BCUT2D eigenvalue weighted by Gasteiger charge is 2.17. The van der Waals surface area contributed by atoms with Gasteiger partial charge in [0, 0.05) is 39.6 Å². The summed E-state index contributed by atoms with van der Waals surface area (Å²) in [6.45, 7) is 4.45. The highest BCUT2D eigenvalue weighted by molar-refractivity contribution is 7.09. The monoisotopic (exact) mass is 438 g/mol. The minimum atomic E-state index is 0.000602. The zero-order valence-corrected chi connectivity index (χ0v) is 18.8. The summed E-state index contributed by atoms with van der Waals surface area (Å²) >= 11 is 7.99. The third kappa shape index (κ3) is 5.52. The summed E-state index contributed by atoms with van der Waals surface area (Å²) in [7, 11) is 5.43. The van der Waals surface area contributed by atoms with Gasteiger partial charge in [0.05, 0.1) is 30.5 Å². The van der Waals surface area contributed by atoms with E-state index in [0.29, 0.717) is 42.8 Å². The van der Waals surface area contributed by atoms with Gasteiger partial charge >= 0.3 is 0 Å². The lowest BCUT2D eigenvalue weighted by atomic mass is 10.2. The smallest absolute Gasteiger partial charge is 0.194 e. The molecule has 0 radical (unpaired) electrons. The third-order valence-corrected chi connectivity index (χ3v) is 5.89. The Morgan fingerprint density at radius 1 is 1.41 bits per heavy atom.